The molecule has 2 aliphatic rings. The summed E-state index contributed by atoms with van der Waals surface area (Å²) in [6, 6.07) is 13.7. The molecule has 1 amide bonds. The minimum absolute atomic E-state index is 0.0804. The van der Waals surface area contributed by atoms with Gasteiger partial charge in [-0.25, -0.2) is 4.79 Å². The van der Waals surface area contributed by atoms with Gasteiger partial charge >= 0.3 is 11.9 Å². The molecule has 6 nitrogen and oxygen atoms in total. The summed E-state index contributed by atoms with van der Waals surface area (Å²) in [6.45, 7) is 3.69. The highest BCUT2D eigenvalue weighted by Gasteiger charge is 2.28. The first-order valence-electron chi connectivity index (χ1n) is 11.5. The first-order valence-corrected chi connectivity index (χ1v) is 11.5. The van der Waals surface area contributed by atoms with Crippen molar-refractivity contribution < 1.29 is 23.9 Å². The molecule has 33 heavy (non-hydrogen) atoms. The van der Waals surface area contributed by atoms with Crippen LogP contribution in [0.5, 0.6) is 0 Å². The van der Waals surface area contributed by atoms with Gasteiger partial charge in [-0.15, -0.1) is 0 Å². The van der Waals surface area contributed by atoms with Crippen molar-refractivity contribution in [1.82, 2.24) is 4.90 Å². The molecule has 0 spiro atoms. The normalized spacial score (nSPS) is 17.6. The summed E-state index contributed by atoms with van der Waals surface area (Å²) in [4.78, 5) is 39.3. The van der Waals surface area contributed by atoms with Crippen LogP contribution in [-0.4, -0.2) is 49.6 Å². The minimum atomic E-state index is -0.436. The second kappa shape index (κ2) is 10.0. The van der Waals surface area contributed by atoms with Gasteiger partial charge in [-0.1, -0.05) is 24.3 Å². The van der Waals surface area contributed by atoms with Gasteiger partial charge in [-0.2, -0.15) is 0 Å². The Morgan fingerprint density at radius 3 is 2.33 bits per heavy atom. The molecule has 172 valence electrons. The van der Waals surface area contributed by atoms with Crippen LogP contribution in [0, 0.1) is 5.92 Å². The third-order valence-electron chi connectivity index (χ3n) is 6.34. The third kappa shape index (κ3) is 5.00. The highest BCUT2D eigenvalue weighted by Crippen LogP contribution is 2.32. The van der Waals surface area contributed by atoms with Crippen LogP contribution in [-0.2, 0) is 25.5 Å². The van der Waals surface area contributed by atoms with E-state index in [-0.39, 0.29) is 24.9 Å². The van der Waals surface area contributed by atoms with Crippen LogP contribution in [0.25, 0.3) is 17.2 Å². The van der Waals surface area contributed by atoms with Crippen LogP contribution in [0.15, 0.2) is 48.0 Å². The van der Waals surface area contributed by atoms with Gasteiger partial charge in [0.1, 0.15) is 0 Å². The number of methoxy groups -OCH3 is 1. The van der Waals surface area contributed by atoms with E-state index in [1.807, 2.05) is 53.4 Å². The van der Waals surface area contributed by atoms with Crippen LogP contribution in [0.3, 0.4) is 0 Å². The van der Waals surface area contributed by atoms with Crippen LogP contribution in [0.1, 0.15) is 47.7 Å². The number of benzene rings is 2. The van der Waals surface area contributed by atoms with Crippen molar-refractivity contribution in [2.75, 3.05) is 26.8 Å². The van der Waals surface area contributed by atoms with Gasteiger partial charge in [0.2, 0.25) is 0 Å². The largest absolute Gasteiger partial charge is 0.469 e. The van der Waals surface area contributed by atoms with Crippen LogP contribution < -0.4 is 0 Å². The maximum absolute atomic E-state index is 12.6. The first kappa shape index (κ1) is 22.8. The Labute approximate surface area is 194 Å². The standard InChI is InChI=1S/C27H29NO5/c1-3-33-27(31)24-16-22-14-20(10-11-21(22)15-23(17-24)26(30)32-2)18-6-8-19(9-7-18)25(29)28-12-4-5-13-28/h6-11,14,16,23H,3-5,12-13,15,17H2,1-2H3. The van der Waals surface area contributed by atoms with E-state index in [1.165, 1.54) is 7.11 Å². The fourth-order valence-corrected chi connectivity index (χ4v) is 4.55. The Morgan fingerprint density at radius 1 is 0.970 bits per heavy atom. The summed E-state index contributed by atoms with van der Waals surface area (Å²) in [6.07, 6.45) is 4.73. The lowest BCUT2D eigenvalue weighted by Gasteiger charge is -2.15. The van der Waals surface area contributed by atoms with Crippen molar-refractivity contribution in [1.29, 1.82) is 0 Å². The summed E-state index contributed by atoms with van der Waals surface area (Å²) >= 11 is 0. The molecule has 0 radical (unpaired) electrons. The summed E-state index contributed by atoms with van der Waals surface area (Å²) in [5, 5.41) is 0. The molecule has 1 fully saturated rings. The van der Waals surface area contributed by atoms with E-state index in [0.717, 1.165) is 48.2 Å². The Morgan fingerprint density at radius 2 is 1.67 bits per heavy atom. The molecule has 1 saturated heterocycles. The predicted octanol–water partition coefficient (Wildman–Crippen LogP) is 4.27. The number of ether oxygens (including phenoxy) is 2. The second-order valence-electron chi connectivity index (χ2n) is 8.51. The highest BCUT2D eigenvalue weighted by molar-refractivity contribution is 5.96. The van der Waals surface area contributed by atoms with E-state index in [4.69, 9.17) is 9.47 Å². The number of esters is 2. The Kier molecular flexibility index (Phi) is 6.92. The van der Waals surface area contributed by atoms with E-state index in [2.05, 4.69) is 0 Å². The summed E-state index contributed by atoms with van der Waals surface area (Å²) in [7, 11) is 1.36. The molecule has 2 aromatic carbocycles. The maximum Gasteiger partial charge on any atom is 0.334 e. The fourth-order valence-electron chi connectivity index (χ4n) is 4.55. The zero-order valence-electron chi connectivity index (χ0n) is 19.1. The van der Waals surface area contributed by atoms with Gasteiger partial charge < -0.3 is 14.4 Å². The second-order valence-corrected chi connectivity index (χ2v) is 8.51. The third-order valence-corrected chi connectivity index (χ3v) is 6.34. The summed E-state index contributed by atoms with van der Waals surface area (Å²) in [5.41, 5.74) is 4.99. The molecule has 1 unspecified atom stereocenters. The molecule has 2 aromatic rings. The van der Waals surface area contributed by atoms with Crippen molar-refractivity contribution in [2.45, 2.75) is 32.6 Å². The molecule has 1 aliphatic carbocycles. The van der Waals surface area contributed by atoms with E-state index in [9.17, 15) is 14.4 Å². The molecule has 0 bridgehead atoms. The van der Waals surface area contributed by atoms with Crippen LogP contribution in [0.2, 0.25) is 0 Å². The van der Waals surface area contributed by atoms with Gasteiger partial charge in [-0.05, 0) is 79.1 Å². The number of carbonyl (C=O) groups excluding carboxylic acids is 3. The van der Waals surface area contributed by atoms with E-state index in [0.29, 0.717) is 17.6 Å². The molecule has 0 aromatic heterocycles. The van der Waals surface area contributed by atoms with Crippen molar-refractivity contribution in [2.24, 2.45) is 5.92 Å². The molecule has 0 saturated carbocycles. The zero-order valence-corrected chi connectivity index (χ0v) is 19.1. The quantitative estimate of drug-likeness (QED) is 0.640. The van der Waals surface area contributed by atoms with E-state index in [1.54, 1.807) is 6.92 Å². The van der Waals surface area contributed by atoms with Gasteiger partial charge in [0.25, 0.3) is 5.91 Å². The Bertz CT molecular complexity index is 1080. The first-order chi connectivity index (χ1) is 16.0. The number of likely N-dealkylation sites (tertiary alicyclic amines) is 1. The number of hydrogen-bond acceptors (Lipinski definition) is 5. The van der Waals surface area contributed by atoms with Gasteiger partial charge in [0.05, 0.1) is 19.6 Å². The SMILES string of the molecule is CCOC(=O)C1=Cc2cc(-c3ccc(C(=O)N4CCCC4)cc3)ccc2CC(C(=O)OC)C1. The zero-order chi connectivity index (χ0) is 23.4. The number of hydrogen-bond donors (Lipinski definition) is 0. The monoisotopic (exact) mass is 447 g/mol. The lowest BCUT2D eigenvalue weighted by atomic mass is 9.93. The molecule has 0 N–H and O–H groups in total. The lowest BCUT2D eigenvalue weighted by Crippen LogP contribution is -2.27. The number of rotatable bonds is 5. The molecular formula is C27H29NO5. The van der Waals surface area contributed by atoms with Gasteiger partial charge in [-0.3, -0.25) is 9.59 Å². The Hall–Kier alpha value is -3.41. The number of carbonyl (C=O) groups is 3. The van der Waals surface area contributed by atoms with Crippen LogP contribution in [0.4, 0.5) is 0 Å². The predicted molar refractivity (Wildman–Crippen MR) is 125 cm³/mol. The van der Waals surface area contributed by atoms with E-state index >= 15 is 0 Å². The average molecular weight is 448 g/mol. The van der Waals surface area contributed by atoms with E-state index < -0.39 is 11.9 Å². The molecule has 1 atom stereocenters. The molecule has 4 rings (SSSR count). The molecular weight excluding hydrogens is 418 g/mol. The Balaban J connectivity index is 1.63. The number of fused-ring (bicyclic) bond motifs is 1. The van der Waals surface area contributed by atoms with Crippen molar-refractivity contribution in [3.63, 3.8) is 0 Å². The summed E-state index contributed by atoms with van der Waals surface area (Å²) in [5.74, 6) is -1.10. The van der Waals surface area contributed by atoms with Gasteiger partial charge in [0.15, 0.2) is 0 Å². The fraction of sp³-hybridized carbons (Fsp3) is 0.370. The smallest absolute Gasteiger partial charge is 0.334 e. The van der Waals surface area contributed by atoms with Crippen molar-refractivity contribution >= 4 is 23.9 Å². The van der Waals surface area contributed by atoms with Crippen LogP contribution >= 0.6 is 0 Å². The average Bonchev–Trinajstić information content (AvgIpc) is 3.31. The minimum Gasteiger partial charge on any atom is -0.469 e. The van der Waals surface area contributed by atoms with Crippen molar-refractivity contribution in [3.05, 3.63) is 64.7 Å². The molecule has 6 heteroatoms. The lowest BCUT2D eigenvalue weighted by molar-refractivity contribution is -0.145. The topological polar surface area (TPSA) is 72.9 Å². The van der Waals surface area contributed by atoms with Crippen molar-refractivity contribution in [3.8, 4) is 11.1 Å². The molecule has 1 heterocycles. The summed E-state index contributed by atoms with van der Waals surface area (Å²) < 4.78 is 10.2. The molecule has 1 aliphatic heterocycles. The van der Waals surface area contributed by atoms with Gasteiger partial charge in [0, 0.05) is 24.2 Å². The number of nitrogens with zero attached hydrogens (tertiary/aromatic N) is 1. The maximum atomic E-state index is 12.6. The highest BCUT2D eigenvalue weighted by atomic mass is 16.5. The number of amides is 1.